The van der Waals surface area contributed by atoms with Crippen molar-refractivity contribution in [3.8, 4) is 0 Å². The highest BCUT2D eigenvalue weighted by atomic mass is 35.5. The average molecular weight is 349 g/mol. The minimum Gasteiger partial charge on any atom is -0.408 e. The number of oxazole rings is 1. The van der Waals surface area contributed by atoms with Crippen molar-refractivity contribution in [2.75, 3.05) is 11.1 Å². The number of aromatic nitrogens is 1. The van der Waals surface area contributed by atoms with E-state index in [1.165, 1.54) is 11.8 Å². The standard InChI is InChI=1S/C16H13ClN2O3S/c17-11-3-1-2-4-14(11)23-8-7-15(20)18-10-5-6-13-12(9-10)19-16(21)22-13/h1-6,9H,7-8H2,(H,18,20)(H,19,21). The molecule has 0 bridgehead atoms. The molecule has 3 aromatic rings. The fourth-order valence-corrected chi connectivity index (χ4v) is 3.26. The van der Waals surface area contributed by atoms with Crippen molar-refractivity contribution in [2.24, 2.45) is 0 Å². The van der Waals surface area contributed by atoms with E-state index in [0.717, 1.165) is 4.90 Å². The van der Waals surface area contributed by atoms with Gasteiger partial charge in [-0.2, -0.15) is 0 Å². The van der Waals surface area contributed by atoms with Gasteiger partial charge in [0.1, 0.15) is 0 Å². The van der Waals surface area contributed by atoms with Crippen LogP contribution in [0.25, 0.3) is 11.1 Å². The van der Waals surface area contributed by atoms with Crippen LogP contribution in [0.5, 0.6) is 0 Å². The molecule has 2 N–H and O–H groups in total. The van der Waals surface area contributed by atoms with Crippen molar-refractivity contribution in [2.45, 2.75) is 11.3 Å². The van der Waals surface area contributed by atoms with Crippen molar-refractivity contribution in [1.82, 2.24) is 4.98 Å². The predicted molar refractivity (Wildman–Crippen MR) is 92.3 cm³/mol. The first-order valence-electron chi connectivity index (χ1n) is 6.92. The molecule has 0 saturated heterocycles. The maximum absolute atomic E-state index is 12.0. The fourth-order valence-electron chi connectivity index (χ4n) is 2.07. The quantitative estimate of drug-likeness (QED) is 0.686. The van der Waals surface area contributed by atoms with Gasteiger partial charge in [-0.05, 0) is 30.3 Å². The average Bonchev–Trinajstić information content (AvgIpc) is 2.88. The van der Waals surface area contributed by atoms with Gasteiger partial charge in [-0.25, -0.2) is 4.79 Å². The first-order valence-corrected chi connectivity index (χ1v) is 8.28. The number of nitrogens with one attached hydrogen (secondary N) is 2. The van der Waals surface area contributed by atoms with Gasteiger partial charge in [0.25, 0.3) is 0 Å². The first-order chi connectivity index (χ1) is 11.1. The molecule has 0 atom stereocenters. The zero-order valence-corrected chi connectivity index (χ0v) is 13.5. The third kappa shape index (κ3) is 3.97. The zero-order valence-electron chi connectivity index (χ0n) is 12.0. The third-order valence-electron chi connectivity index (χ3n) is 3.13. The van der Waals surface area contributed by atoms with Crippen LogP contribution in [-0.4, -0.2) is 16.6 Å². The van der Waals surface area contributed by atoms with Gasteiger partial charge in [0.05, 0.1) is 10.5 Å². The van der Waals surface area contributed by atoms with E-state index in [-0.39, 0.29) is 5.91 Å². The molecule has 0 unspecified atom stereocenters. The lowest BCUT2D eigenvalue weighted by atomic mass is 10.3. The smallest absolute Gasteiger partial charge is 0.408 e. The Hall–Kier alpha value is -2.18. The SMILES string of the molecule is O=C(CCSc1ccccc1Cl)Nc1ccc2oc(=O)[nH]c2c1. The number of carbonyl (C=O) groups excluding carboxylic acids is 1. The van der Waals surface area contributed by atoms with E-state index in [9.17, 15) is 9.59 Å². The second kappa shape index (κ2) is 6.93. The summed E-state index contributed by atoms with van der Waals surface area (Å²) in [5, 5.41) is 3.48. The number of hydrogen-bond donors (Lipinski definition) is 2. The molecule has 3 rings (SSSR count). The van der Waals surface area contributed by atoms with Gasteiger partial charge in [0.2, 0.25) is 5.91 Å². The minimum absolute atomic E-state index is 0.102. The molecule has 0 radical (unpaired) electrons. The molecule has 5 nitrogen and oxygen atoms in total. The number of halogens is 1. The van der Waals surface area contributed by atoms with Gasteiger partial charge >= 0.3 is 5.76 Å². The van der Waals surface area contributed by atoms with E-state index in [0.29, 0.717) is 34.0 Å². The van der Waals surface area contributed by atoms with Crippen LogP contribution in [-0.2, 0) is 4.79 Å². The van der Waals surface area contributed by atoms with E-state index in [1.807, 2.05) is 24.3 Å². The summed E-state index contributed by atoms with van der Waals surface area (Å²) in [4.78, 5) is 26.6. The van der Waals surface area contributed by atoms with Crippen molar-refractivity contribution in [3.05, 3.63) is 58.0 Å². The van der Waals surface area contributed by atoms with E-state index in [4.69, 9.17) is 16.0 Å². The highest BCUT2D eigenvalue weighted by molar-refractivity contribution is 7.99. The van der Waals surface area contributed by atoms with Crippen LogP contribution >= 0.6 is 23.4 Å². The second-order valence-electron chi connectivity index (χ2n) is 4.80. The molecule has 0 aliphatic heterocycles. The monoisotopic (exact) mass is 348 g/mol. The minimum atomic E-state index is -0.514. The lowest BCUT2D eigenvalue weighted by molar-refractivity contribution is -0.115. The number of aromatic amines is 1. The van der Waals surface area contributed by atoms with Gasteiger partial charge in [0.15, 0.2) is 5.58 Å². The summed E-state index contributed by atoms with van der Waals surface area (Å²) < 4.78 is 4.91. The Morgan fingerprint density at radius 3 is 2.91 bits per heavy atom. The summed E-state index contributed by atoms with van der Waals surface area (Å²) >= 11 is 7.60. The Morgan fingerprint density at radius 1 is 1.26 bits per heavy atom. The third-order valence-corrected chi connectivity index (χ3v) is 4.64. The number of fused-ring (bicyclic) bond motifs is 1. The normalized spacial score (nSPS) is 10.8. The van der Waals surface area contributed by atoms with E-state index >= 15 is 0 Å². The van der Waals surface area contributed by atoms with Crippen LogP contribution < -0.4 is 11.1 Å². The molecule has 1 heterocycles. The zero-order chi connectivity index (χ0) is 16.2. The van der Waals surface area contributed by atoms with Gasteiger partial charge in [-0.15, -0.1) is 11.8 Å². The Morgan fingerprint density at radius 2 is 2.09 bits per heavy atom. The van der Waals surface area contributed by atoms with E-state index in [2.05, 4.69) is 10.3 Å². The lowest BCUT2D eigenvalue weighted by Crippen LogP contribution is -2.12. The molecular weight excluding hydrogens is 336 g/mol. The molecule has 0 aliphatic rings. The molecule has 0 aliphatic carbocycles. The highest BCUT2D eigenvalue weighted by Crippen LogP contribution is 2.27. The van der Waals surface area contributed by atoms with Gasteiger partial charge in [-0.3, -0.25) is 9.78 Å². The van der Waals surface area contributed by atoms with Crippen LogP contribution in [0.2, 0.25) is 5.02 Å². The summed E-state index contributed by atoms with van der Waals surface area (Å²) in [7, 11) is 0. The summed E-state index contributed by atoms with van der Waals surface area (Å²) in [6.45, 7) is 0. The molecular formula is C16H13ClN2O3S. The van der Waals surface area contributed by atoms with Crippen molar-refractivity contribution < 1.29 is 9.21 Å². The number of rotatable bonds is 5. The van der Waals surface area contributed by atoms with Crippen LogP contribution in [0.15, 0.2) is 56.6 Å². The summed E-state index contributed by atoms with van der Waals surface area (Å²) in [5.41, 5.74) is 1.63. The summed E-state index contributed by atoms with van der Waals surface area (Å²) in [5.74, 6) is 0.00902. The number of hydrogen-bond acceptors (Lipinski definition) is 4. The first kappa shape index (κ1) is 15.7. The fraction of sp³-hybridized carbons (Fsp3) is 0.125. The Kier molecular flexibility index (Phi) is 4.73. The van der Waals surface area contributed by atoms with Crippen molar-refractivity contribution >= 4 is 46.1 Å². The number of H-pyrrole nitrogens is 1. The van der Waals surface area contributed by atoms with Gasteiger partial charge < -0.3 is 9.73 Å². The van der Waals surface area contributed by atoms with E-state index < -0.39 is 5.76 Å². The van der Waals surface area contributed by atoms with Gasteiger partial charge in [-0.1, -0.05) is 23.7 Å². The number of anilines is 1. The lowest BCUT2D eigenvalue weighted by Gasteiger charge is -2.06. The molecule has 118 valence electrons. The maximum Gasteiger partial charge on any atom is 0.417 e. The Labute approximate surface area is 141 Å². The predicted octanol–water partition coefficient (Wildman–Crippen LogP) is 3.90. The van der Waals surface area contributed by atoms with Crippen molar-refractivity contribution in [1.29, 1.82) is 0 Å². The number of carbonyl (C=O) groups is 1. The number of thioether (sulfide) groups is 1. The molecule has 0 spiro atoms. The summed E-state index contributed by atoms with van der Waals surface area (Å²) in [6, 6.07) is 12.5. The number of benzene rings is 2. The largest absolute Gasteiger partial charge is 0.417 e. The molecule has 7 heteroatoms. The molecule has 1 amide bonds. The number of amides is 1. The van der Waals surface area contributed by atoms with Crippen LogP contribution in [0.1, 0.15) is 6.42 Å². The summed E-state index contributed by atoms with van der Waals surface area (Å²) in [6.07, 6.45) is 0.357. The van der Waals surface area contributed by atoms with E-state index in [1.54, 1.807) is 18.2 Å². The van der Waals surface area contributed by atoms with Gasteiger partial charge in [0, 0.05) is 22.8 Å². The highest BCUT2D eigenvalue weighted by Gasteiger charge is 2.07. The van der Waals surface area contributed by atoms with Crippen molar-refractivity contribution in [3.63, 3.8) is 0 Å². The van der Waals surface area contributed by atoms with Crippen LogP contribution in [0, 0.1) is 0 Å². The van der Waals surface area contributed by atoms with Crippen LogP contribution in [0.4, 0.5) is 5.69 Å². The maximum atomic E-state index is 12.0. The molecule has 0 fully saturated rings. The molecule has 0 saturated carbocycles. The van der Waals surface area contributed by atoms with Crippen LogP contribution in [0.3, 0.4) is 0 Å². The molecule has 23 heavy (non-hydrogen) atoms. The Balaban J connectivity index is 1.56. The second-order valence-corrected chi connectivity index (χ2v) is 6.35. The Bertz CT molecular complexity index is 903. The molecule has 1 aromatic heterocycles. The molecule has 2 aromatic carbocycles. The topological polar surface area (TPSA) is 75.1 Å².